The Labute approximate surface area is 238 Å². The van der Waals surface area contributed by atoms with E-state index in [2.05, 4.69) is 20.5 Å². The number of nitrogens with zero attached hydrogens (tertiary/aromatic N) is 1. The predicted octanol–water partition coefficient (Wildman–Crippen LogP) is 5.69. The number of aromatic hydroxyl groups is 1. The van der Waals surface area contributed by atoms with Crippen LogP contribution in [-0.2, 0) is 0 Å². The number of carbonyl (C=O) groups is 1. The maximum absolute atomic E-state index is 14.1. The van der Waals surface area contributed by atoms with Gasteiger partial charge in [-0.1, -0.05) is 18.2 Å². The quantitative estimate of drug-likeness (QED) is 0.160. The van der Waals surface area contributed by atoms with Crippen molar-refractivity contribution in [2.75, 3.05) is 38.0 Å². The van der Waals surface area contributed by atoms with Crippen LogP contribution in [0.5, 0.6) is 5.75 Å². The summed E-state index contributed by atoms with van der Waals surface area (Å²) < 4.78 is 28.0. The summed E-state index contributed by atoms with van der Waals surface area (Å²) in [7, 11) is 0. The number of hydrogen-bond acceptors (Lipinski definition) is 6. The number of fused-ring (bicyclic) bond motifs is 1. The Balaban J connectivity index is 1.07. The zero-order valence-corrected chi connectivity index (χ0v) is 23.0. The minimum atomic E-state index is -0.447. The Hall–Kier alpha value is -4.37. The number of Topliss-reactive ketones (excluding diaryl/α,β-unsaturated/α-hetero) is 1. The highest BCUT2D eigenvalue weighted by molar-refractivity contribution is 6.06. The Kier molecular flexibility index (Phi) is 8.54. The molecule has 0 atom stereocenters. The lowest BCUT2D eigenvalue weighted by atomic mass is 9.97. The van der Waals surface area contributed by atoms with E-state index in [1.807, 2.05) is 12.1 Å². The molecule has 214 valence electrons. The van der Waals surface area contributed by atoms with Crippen molar-refractivity contribution in [2.45, 2.75) is 19.8 Å². The van der Waals surface area contributed by atoms with Crippen LogP contribution in [0.1, 0.15) is 35.8 Å². The molecule has 41 heavy (non-hydrogen) atoms. The SMILES string of the molecule is CC(=O)c1[nH]c2ccc(F)cc2c1/C(N)=C/NCC1CCN(CCNc2ccc(-c3c(O)cccc3F)cc2)CC1. The first-order chi connectivity index (χ1) is 19.8. The minimum Gasteiger partial charge on any atom is -0.507 e. The van der Waals surface area contributed by atoms with E-state index in [9.17, 15) is 18.7 Å². The number of aromatic nitrogens is 1. The first kappa shape index (κ1) is 28.2. The van der Waals surface area contributed by atoms with Gasteiger partial charge in [0.15, 0.2) is 5.78 Å². The second-order valence-corrected chi connectivity index (χ2v) is 10.6. The van der Waals surface area contributed by atoms with Crippen LogP contribution in [0.2, 0.25) is 0 Å². The maximum Gasteiger partial charge on any atom is 0.176 e. The number of benzene rings is 3. The number of H-pyrrole nitrogens is 1. The van der Waals surface area contributed by atoms with E-state index in [0.29, 0.717) is 39.3 Å². The van der Waals surface area contributed by atoms with Gasteiger partial charge in [0.2, 0.25) is 0 Å². The van der Waals surface area contributed by atoms with Gasteiger partial charge < -0.3 is 31.4 Å². The third kappa shape index (κ3) is 6.52. The van der Waals surface area contributed by atoms with Crippen LogP contribution in [0.3, 0.4) is 0 Å². The molecule has 0 bridgehead atoms. The van der Waals surface area contributed by atoms with E-state index < -0.39 is 5.82 Å². The molecule has 7 nitrogen and oxygen atoms in total. The molecule has 1 saturated heterocycles. The van der Waals surface area contributed by atoms with Gasteiger partial charge in [0.25, 0.3) is 0 Å². The van der Waals surface area contributed by atoms with Crippen molar-refractivity contribution in [1.29, 1.82) is 0 Å². The Morgan fingerprint density at radius 1 is 1.12 bits per heavy atom. The van der Waals surface area contributed by atoms with Gasteiger partial charge in [-0.05, 0) is 79.9 Å². The van der Waals surface area contributed by atoms with Crippen molar-refractivity contribution < 1.29 is 18.7 Å². The minimum absolute atomic E-state index is 0.0723. The van der Waals surface area contributed by atoms with Crippen LogP contribution >= 0.6 is 0 Å². The number of phenols is 1. The number of halogens is 2. The molecule has 1 aliphatic heterocycles. The van der Waals surface area contributed by atoms with Gasteiger partial charge in [0, 0.05) is 54.9 Å². The van der Waals surface area contributed by atoms with Gasteiger partial charge in [-0.2, -0.15) is 0 Å². The van der Waals surface area contributed by atoms with Gasteiger partial charge in [0.1, 0.15) is 17.4 Å². The fourth-order valence-electron chi connectivity index (χ4n) is 5.46. The fourth-order valence-corrected chi connectivity index (χ4v) is 5.46. The third-order valence-corrected chi connectivity index (χ3v) is 7.69. The van der Waals surface area contributed by atoms with E-state index >= 15 is 0 Å². The normalized spacial score (nSPS) is 14.9. The molecule has 0 saturated carbocycles. The number of nitrogens with two attached hydrogens (primary N) is 1. The number of hydrogen-bond donors (Lipinski definition) is 5. The van der Waals surface area contributed by atoms with Crippen LogP contribution in [0.15, 0.2) is 66.9 Å². The average molecular weight is 560 g/mol. The summed E-state index contributed by atoms with van der Waals surface area (Å²) in [5.41, 5.74) is 10.1. The fraction of sp³-hybridized carbons (Fsp3) is 0.281. The number of ketones is 1. The van der Waals surface area contributed by atoms with Crippen LogP contribution in [0, 0.1) is 17.6 Å². The number of likely N-dealkylation sites (tertiary alicyclic amines) is 1. The summed E-state index contributed by atoms with van der Waals surface area (Å²) >= 11 is 0. The molecule has 1 aliphatic rings. The van der Waals surface area contributed by atoms with Crippen molar-refractivity contribution in [3.63, 3.8) is 0 Å². The van der Waals surface area contributed by atoms with Gasteiger partial charge >= 0.3 is 0 Å². The van der Waals surface area contributed by atoms with Crippen molar-refractivity contribution in [2.24, 2.45) is 11.7 Å². The molecule has 1 fully saturated rings. The zero-order chi connectivity index (χ0) is 28.9. The molecule has 0 amide bonds. The number of carbonyl (C=O) groups excluding carboxylic acids is 1. The summed E-state index contributed by atoms with van der Waals surface area (Å²) in [6, 6.07) is 16.1. The average Bonchev–Trinajstić information content (AvgIpc) is 3.34. The van der Waals surface area contributed by atoms with Crippen molar-refractivity contribution >= 4 is 28.1 Å². The van der Waals surface area contributed by atoms with Crippen LogP contribution < -0.4 is 16.4 Å². The lowest BCUT2D eigenvalue weighted by Crippen LogP contribution is -2.39. The number of aromatic amines is 1. The molecule has 0 aliphatic carbocycles. The molecule has 0 unspecified atom stereocenters. The first-order valence-corrected chi connectivity index (χ1v) is 13.9. The summed E-state index contributed by atoms with van der Waals surface area (Å²) in [4.78, 5) is 17.7. The summed E-state index contributed by atoms with van der Waals surface area (Å²) in [5.74, 6) is -0.559. The monoisotopic (exact) mass is 559 g/mol. The molecule has 5 rings (SSSR count). The van der Waals surface area contributed by atoms with Crippen molar-refractivity contribution in [3.8, 4) is 16.9 Å². The second-order valence-electron chi connectivity index (χ2n) is 10.6. The highest BCUT2D eigenvalue weighted by atomic mass is 19.1. The Morgan fingerprint density at radius 3 is 2.59 bits per heavy atom. The molecule has 2 heterocycles. The lowest BCUT2D eigenvalue weighted by molar-refractivity contribution is 0.101. The van der Waals surface area contributed by atoms with Gasteiger partial charge in [0.05, 0.1) is 17.0 Å². The van der Waals surface area contributed by atoms with Crippen LogP contribution in [-0.4, -0.2) is 53.5 Å². The molecule has 3 aromatic carbocycles. The van der Waals surface area contributed by atoms with E-state index in [0.717, 1.165) is 51.3 Å². The molecule has 0 spiro atoms. The first-order valence-electron chi connectivity index (χ1n) is 13.9. The molecule has 9 heteroatoms. The van der Waals surface area contributed by atoms with Crippen LogP contribution in [0.25, 0.3) is 27.7 Å². The zero-order valence-electron chi connectivity index (χ0n) is 23.0. The molecular weight excluding hydrogens is 524 g/mol. The number of nitrogens with one attached hydrogen (secondary N) is 3. The number of phenolic OH excluding ortho intramolecular Hbond substituents is 1. The molecule has 1 aromatic heterocycles. The summed E-state index contributed by atoms with van der Waals surface area (Å²) in [5, 5.41) is 17.3. The topological polar surface area (TPSA) is 106 Å². The largest absolute Gasteiger partial charge is 0.507 e. The summed E-state index contributed by atoms with van der Waals surface area (Å²) in [6.45, 7) is 5.92. The standard InChI is InChI=1S/C32H35F2N5O2/c1-20(40)32-31(25-17-23(33)7-10-28(25)38-32)27(35)19-36-18-21-11-14-39(15-12-21)16-13-37-24-8-5-22(6-9-24)30-26(34)3-2-4-29(30)41/h2-10,17,19,21,36-38,41H,11-16,18,35H2,1H3/b27-19-. The predicted molar refractivity (Wildman–Crippen MR) is 160 cm³/mol. The Morgan fingerprint density at radius 2 is 1.88 bits per heavy atom. The van der Waals surface area contributed by atoms with E-state index in [4.69, 9.17) is 5.73 Å². The highest BCUT2D eigenvalue weighted by Gasteiger charge is 2.20. The van der Waals surface area contributed by atoms with E-state index in [1.165, 1.54) is 37.3 Å². The number of anilines is 1. The van der Waals surface area contributed by atoms with E-state index in [1.54, 1.807) is 24.4 Å². The lowest BCUT2D eigenvalue weighted by Gasteiger charge is -2.32. The van der Waals surface area contributed by atoms with Gasteiger partial charge in [-0.3, -0.25) is 4.79 Å². The van der Waals surface area contributed by atoms with Crippen molar-refractivity contribution in [1.82, 2.24) is 15.2 Å². The molecule has 0 radical (unpaired) electrons. The smallest absolute Gasteiger partial charge is 0.176 e. The third-order valence-electron chi connectivity index (χ3n) is 7.69. The maximum atomic E-state index is 14.1. The molecular formula is C32H35F2N5O2. The molecule has 6 N–H and O–H groups in total. The second kappa shape index (κ2) is 12.4. The number of rotatable bonds is 10. The van der Waals surface area contributed by atoms with Crippen molar-refractivity contribution in [3.05, 3.63) is 89.8 Å². The van der Waals surface area contributed by atoms with Gasteiger partial charge in [-0.25, -0.2) is 8.78 Å². The Bertz CT molecular complexity index is 1540. The highest BCUT2D eigenvalue weighted by Crippen LogP contribution is 2.32. The van der Waals surface area contributed by atoms with Gasteiger partial charge in [-0.15, -0.1) is 0 Å². The number of piperidine rings is 1. The van der Waals surface area contributed by atoms with Crippen LogP contribution in [0.4, 0.5) is 14.5 Å². The van der Waals surface area contributed by atoms with E-state index in [-0.39, 0.29) is 22.9 Å². The summed E-state index contributed by atoms with van der Waals surface area (Å²) in [6.07, 6.45) is 3.83. The molecule has 4 aromatic rings.